The summed E-state index contributed by atoms with van der Waals surface area (Å²) in [4.78, 5) is 11.3. The first-order chi connectivity index (χ1) is 7.06. The molecule has 0 spiro atoms. The van der Waals surface area contributed by atoms with Crippen LogP contribution in [0.1, 0.15) is 41.8 Å². The maximum atomic E-state index is 11.3. The van der Waals surface area contributed by atoms with Gasteiger partial charge in [-0.1, -0.05) is 6.92 Å². The molecule has 15 heavy (non-hydrogen) atoms. The highest BCUT2D eigenvalue weighted by atomic mass is 16.5. The monoisotopic (exact) mass is 206 g/mol. The molecule has 0 aromatic heterocycles. The fourth-order valence-corrected chi connectivity index (χ4v) is 1.39. The van der Waals surface area contributed by atoms with E-state index in [4.69, 9.17) is 4.74 Å². The van der Waals surface area contributed by atoms with E-state index in [1.807, 2.05) is 26.0 Å². The Labute approximate surface area is 91.3 Å². The van der Waals surface area contributed by atoms with Crippen molar-refractivity contribution < 1.29 is 9.53 Å². The van der Waals surface area contributed by atoms with Gasteiger partial charge in [0, 0.05) is 5.56 Å². The van der Waals surface area contributed by atoms with E-state index in [1.54, 1.807) is 6.92 Å². The molecule has 0 radical (unpaired) electrons. The lowest BCUT2D eigenvalue weighted by atomic mass is 10.0. The number of carbonyl (C=O) groups excluding carboxylic acids is 1. The van der Waals surface area contributed by atoms with E-state index in [-0.39, 0.29) is 5.78 Å². The first-order valence-electron chi connectivity index (χ1n) is 5.31. The van der Waals surface area contributed by atoms with Crippen LogP contribution >= 0.6 is 0 Å². The zero-order valence-electron chi connectivity index (χ0n) is 9.89. The third-order valence-electron chi connectivity index (χ3n) is 2.49. The van der Waals surface area contributed by atoms with Crippen LogP contribution in [0.25, 0.3) is 0 Å². The highest BCUT2D eigenvalue weighted by molar-refractivity contribution is 5.94. The number of carbonyl (C=O) groups is 1. The molecule has 0 amide bonds. The van der Waals surface area contributed by atoms with Crippen molar-refractivity contribution in [3.05, 3.63) is 28.8 Å². The summed E-state index contributed by atoms with van der Waals surface area (Å²) >= 11 is 0. The predicted octanol–water partition coefficient (Wildman–Crippen LogP) is 3.29. The Morgan fingerprint density at radius 2 is 2.00 bits per heavy atom. The van der Waals surface area contributed by atoms with Crippen molar-refractivity contribution in [3.8, 4) is 5.75 Å². The van der Waals surface area contributed by atoms with Crippen LogP contribution in [-0.2, 0) is 0 Å². The number of benzene rings is 1. The van der Waals surface area contributed by atoms with E-state index < -0.39 is 0 Å². The largest absolute Gasteiger partial charge is 0.493 e. The van der Waals surface area contributed by atoms with Crippen molar-refractivity contribution in [1.29, 1.82) is 0 Å². The van der Waals surface area contributed by atoms with E-state index >= 15 is 0 Å². The first kappa shape index (κ1) is 11.8. The Hall–Kier alpha value is -1.31. The molecule has 2 heteroatoms. The average Bonchev–Trinajstić information content (AvgIpc) is 2.19. The zero-order valence-corrected chi connectivity index (χ0v) is 9.89. The molecule has 0 bridgehead atoms. The first-order valence-corrected chi connectivity index (χ1v) is 5.31. The lowest BCUT2D eigenvalue weighted by molar-refractivity contribution is 0.101. The fourth-order valence-electron chi connectivity index (χ4n) is 1.39. The smallest absolute Gasteiger partial charge is 0.159 e. The van der Waals surface area contributed by atoms with E-state index in [0.717, 1.165) is 28.9 Å². The molecule has 0 aliphatic heterocycles. The van der Waals surface area contributed by atoms with Gasteiger partial charge in [-0.05, 0) is 50.5 Å². The molecule has 0 saturated heterocycles. The second kappa shape index (κ2) is 4.96. The van der Waals surface area contributed by atoms with Crippen molar-refractivity contribution >= 4 is 5.78 Å². The van der Waals surface area contributed by atoms with Crippen LogP contribution in [0.2, 0.25) is 0 Å². The lowest BCUT2D eigenvalue weighted by Crippen LogP contribution is -2.01. The minimum Gasteiger partial charge on any atom is -0.493 e. The molecule has 0 N–H and O–H groups in total. The Morgan fingerprint density at radius 3 is 2.53 bits per heavy atom. The number of aryl methyl sites for hydroxylation is 1. The minimum atomic E-state index is 0.0828. The Morgan fingerprint density at radius 1 is 1.33 bits per heavy atom. The van der Waals surface area contributed by atoms with Gasteiger partial charge in [0.2, 0.25) is 0 Å². The molecule has 0 unspecified atom stereocenters. The Bertz CT molecular complexity index is 367. The molecule has 1 rings (SSSR count). The fraction of sp³-hybridized carbons (Fsp3) is 0.462. The minimum absolute atomic E-state index is 0.0828. The normalized spacial score (nSPS) is 10.1. The molecule has 0 aliphatic carbocycles. The lowest BCUT2D eigenvalue weighted by Gasteiger charge is -2.11. The van der Waals surface area contributed by atoms with Crippen LogP contribution in [0.3, 0.4) is 0 Å². The van der Waals surface area contributed by atoms with Crippen molar-refractivity contribution in [2.75, 3.05) is 6.61 Å². The van der Waals surface area contributed by atoms with Crippen LogP contribution < -0.4 is 4.74 Å². The van der Waals surface area contributed by atoms with Crippen molar-refractivity contribution in [3.63, 3.8) is 0 Å². The summed E-state index contributed by atoms with van der Waals surface area (Å²) in [7, 11) is 0. The highest BCUT2D eigenvalue weighted by Gasteiger charge is 2.07. The topological polar surface area (TPSA) is 26.3 Å². The molecular weight excluding hydrogens is 188 g/mol. The zero-order chi connectivity index (χ0) is 11.4. The molecule has 0 heterocycles. The summed E-state index contributed by atoms with van der Waals surface area (Å²) in [6.07, 6.45) is 0.975. The van der Waals surface area contributed by atoms with Gasteiger partial charge in [0.25, 0.3) is 0 Å². The molecule has 1 aromatic rings. The molecule has 0 fully saturated rings. The number of Topliss-reactive ketones (excluding diaryl/α,β-unsaturated/α-hetero) is 1. The van der Waals surface area contributed by atoms with Gasteiger partial charge in [-0.3, -0.25) is 4.79 Å². The number of rotatable bonds is 4. The van der Waals surface area contributed by atoms with E-state index in [0.29, 0.717) is 6.61 Å². The quantitative estimate of drug-likeness (QED) is 0.706. The number of hydrogen-bond acceptors (Lipinski definition) is 2. The van der Waals surface area contributed by atoms with Gasteiger partial charge in [-0.15, -0.1) is 0 Å². The summed E-state index contributed by atoms with van der Waals surface area (Å²) in [5, 5.41) is 0. The van der Waals surface area contributed by atoms with Crippen molar-refractivity contribution in [1.82, 2.24) is 0 Å². The van der Waals surface area contributed by atoms with Gasteiger partial charge in [0.15, 0.2) is 5.78 Å². The second-order valence-electron chi connectivity index (χ2n) is 3.82. The van der Waals surface area contributed by atoms with Gasteiger partial charge < -0.3 is 4.74 Å². The standard InChI is InChI=1S/C13H18O2/c1-5-6-15-13-8-12(11(4)14)7-9(2)10(13)3/h7-8H,5-6H2,1-4H3. The average molecular weight is 206 g/mol. The molecule has 0 aliphatic rings. The van der Waals surface area contributed by atoms with E-state index in [9.17, 15) is 4.79 Å². The highest BCUT2D eigenvalue weighted by Crippen LogP contribution is 2.24. The summed E-state index contributed by atoms with van der Waals surface area (Å²) < 4.78 is 5.61. The van der Waals surface area contributed by atoms with Crippen LogP contribution in [0.15, 0.2) is 12.1 Å². The maximum absolute atomic E-state index is 11.3. The SMILES string of the molecule is CCCOc1cc(C(C)=O)cc(C)c1C. The number of ketones is 1. The Kier molecular flexibility index (Phi) is 3.89. The summed E-state index contributed by atoms with van der Waals surface area (Å²) in [5.74, 6) is 0.918. The van der Waals surface area contributed by atoms with E-state index in [2.05, 4.69) is 6.92 Å². The molecule has 82 valence electrons. The second-order valence-corrected chi connectivity index (χ2v) is 3.82. The predicted molar refractivity (Wildman–Crippen MR) is 61.7 cm³/mol. The van der Waals surface area contributed by atoms with Crippen LogP contribution in [0.4, 0.5) is 0 Å². The summed E-state index contributed by atoms with van der Waals surface area (Å²) in [6, 6.07) is 3.75. The van der Waals surface area contributed by atoms with Crippen LogP contribution in [0.5, 0.6) is 5.75 Å². The van der Waals surface area contributed by atoms with Gasteiger partial charge in [0.05, 0.1) is 6.61 Å². The molecular formula is C13H18O2. The molecule has 1 aromatic carbocycles. The summed E-state index contributed by atoms with van der Waals surface area (Å²) in [5.41, 5.74) is 2.95. The van der Waals surface area contributed by atoms with Crippen LogP contribution in [0, 0.1) is 13.8 Å². The van der Waals surface area contributed by atoms with Gasteiger partial charge >= 0.3 is 0 Å². The van der Waals surface area contributed by atoms with Gasteiger partial charge in [-0.25, -0.2) is 0 Å². The van der Waals surface area contributed by atoms with Gasteiger partial charge in [0.1, 0.15) is 5.75 Å². The molecule has 0 saturated carbocycles. The summed E-state index contributed by atoms with van der Waals surface area (Å²) in [6.45, 7) is 8.36. The number of hydrogen-bond donors (Lipinski definition) is 0. The third kappa shape index (κ3) is 2.82. The van der Waals surface area contributed by atoms with Crippen LogP contribution in [-0.4, -0.2) is 12.4 Å². The third-order valence-corrected chi connectivity index (χ3v) is 2.49. The molecule has 0 atom stereocenters. The van der Waals surface area contributed by atoms with Crippen molar-refractivity contribution in [2.45, 2.75) is 34.1 Å². The maximum Gasteiger partial charge on any atom is 0.159 e. The van der Waals surface area contributed by atoms with Gasteiger partial charge in [-0.2, -0.15) is 0 Å². The van der Waals surface area contributed by atoms with E-state index in [1.165, 1.54) is 0 Å². The Balaban J connectivity index is 3.07. The molecule has 2 nitrogen and oxygen atoms in total. The van der Waals surface area contributed by atoms with Crippen molar-refractivity contribution in [2.24, 2.45) is 0 Å². The number of ether oxygens (including phenoxy) is 1.